The van der Waals surface area contributed by atoms with Gasteiger partial charge in [0, 0.05) is 10.0 Å². The van der Waals surface area contributed by atoms with E-state index in [-0.39, 0.29) is 5.82 Å². The summed E-state index contributed by atoms with van der Waals surface area (Å²) in [4.78, 5) is 15.6. The van der Waals surface area contributed by atoms with Crippen molar-refractivity contribution in [2.24, 2.45) is 0 Å². The molecule has 18 heavy (non-hydrogen) atoms. The Hall–Kier alpha value is -1.69. The summed E-state index contributed by atoms with van der Waals surface area (Å²) < 4.78 is 5.79. The first-order chi connectivity index (χ1) is 8.60. The second-order valence-electron chi connectivity index (χ2n) is 3.75. The minimum atomic E-state index is -0.497. The number of carbonyl (C=O) groups is 1. The first kappa shape index (κ1) is 12.8. The van der Waals surface area contributed by atoms with Crippen molar-refractivity contribution in [3.63, 3.8) is 0 Å². The lowest BCUT2D eigenvalue weighted by atomic mass is 10.1. The molecule has 0 aliphatic carbocycles. The maximum absolute atomic E-state index is 11.5. The lowest BCUT2D eigenvalue weighted by Gasteiger charge is -1.99. The monoisotopic (exact) mass is 309 g/mol. The molecule has 2 aromatic rings. The molecule has 0 radical (unpaired) electrons. The van der Waals surface area contributed by atoms with Gasteiger partial charge in [0.1, 0.15) is 0 Å². The van der Waals surface area contributed by atoms with Gasteiger partial charge in [0.05, 0.1) is 6.61 Å². The van der Waals surface area contributed by atoms with Crippen molar-refractivity contribution >= 4 is 21.9 Å². The molecule has 1 heterocycles. The highest BCUT2D eigenvalue weighted by atomic mass is 79.9. The number of carbonyl (C=O) groups excluding carboxylic acids is 1. The molecule has 0 aliphatic rings. The lowest BCUT2D eigenvalue weighted by Crippen LogP contribution is -2.06. The number of ether oxygens (including phenoxy) is 1. The molecule has 1 aromatic carbocycles. The van der Waals surface area contributed by atoms with Crippen LogP contribution in [0.1, 0.15) is 23.1 Å². The third-order valence-electron chi connectivity index (χ3n) is 2.25. The van der Waals surface area contributed by atoms with Crippen LogP contribution < -0.4 is 0 Å². The van der Waals surface area contributed by atoms with Crippen molar-refractivity contribution in [3.8, 4) is 11.4 Å². The topological polar surface area (TPSA) is 67.9 Å². The average Bonchev–Trinajstić information content (AvgIpc) is 2.77. The Balaban J connectivity index is 2.32. The van der Waals surface area contributed by atoms with Gasteiger partial charge in [-0.2, -0.15) is 5.10 Å². The summed E-state index contributed by atoms with van der Waals surface area (Å²) in [6, 6.07) is 5.83. The summed E-state index contributed by atoms with van der Waals surface area (Å²) in [5, 5.41) is 6.59. The van der Waals surface area contributed by atoms with E-state index in [0.717, 1.165) is 15.6 Å². The number of halogens is 1. The Labute approximate surface area is 113 Å². The van der Waals surface area contributed by atoms with E-state index >= 15 is 0 Å². The van der Waals surface area contributed by atoms with Crippen LogP contribution in [-0.2, 0) is 4.74 Å². The molecule has 1 aromatic heterocycles. The SMILES string of the molecule is CCOC(=O)c1nc(-c2cc(C)cc(Br)c2)n[nH]1. The smallest absolute Gasteiger partial charge is 0.375 e. The average molecular weight is 310 g/mol. The number of hydrogen-bond acceptors (Lipinski definition) is 4. The molecule has 0 amide bonds. The predicted octanol–water partition coefficient (Wildman–Crippen LogP) is 2.72. The van der Waals surface area contributed by atoms with E-state index < -0.39 is 5.97 Å². The molecule has 0 fully saturated rings. The maximum atomic E-state index is 11.5. The molecule has 0 aliphatic heterocycles. The Bertz CT molecular complexity index is 560. The summed E-state index contributed by atoms with van der Waals surface area (Å²) in [5.41, 5.74) is 1.93. The van der Waals surface area contributed by atoms with Crippen LogP contribution in [0.3, 0.4) is 0 Å². The van der Waals surface area contributed by atoms with Gasteiger partial charge >= 0.3 is 5.97 Å². The zero-order valence-corrected chi connectivity index (χ0v) is 11.6. The van der Waals surface area contributed by atoms with Crippen LogP contribution >= 0.6 is 15.9 Å². The highest BCUT2D eigenvalue weighted by molar-refractivity contribution is 9.10. The molecular weight excluding hydrogens is 298 g/mol. The van der Waals surface area contributed by atoms with Gasteiger partial charge in [-0.05, 0) is 37.6 Å². The quantitative estimate of drug-likeness (QED) is 0.885. The van der Waals surface area contributed by atoms with Crippen molar-refractivity contribution in [2.75, 3.05) is 6.61 Å². The van der Waals surface area contributed by atoms with E-state index in [1.165, 1.54) is 0 Å². The normalized spacial score (nSPS) is 10.4. The van der Waals surface area contributed by atoms with Crippen LogP contribution in [0.5, 0.6) is 0 Å². The van der Waals surface area contributed by atoms with Crippen molar-refractivity contribution < 1.29 is 9.53 Å². The molecule has 5 nitrogen and oxygen atoms in total. The molecular formula is C12H12BrN3O2. The Morgan fingerprint density at radius 3 is 2.89 bits per heavy atom. The summed E-state index contributed by atoms with van der Waals surface area (Å²) in [5.74, 6) is 0.0925. The Morgan fingerprint density at radius 1 is 1.44 bits per heavy atom. The van der Waals surface area contributed by atoms with Crippen LogP contribution in [-0.4, -0.2) is 27.8 Å². The van der Waals surface area contributed by atoms with Gasteiger partial charge in [0.2, 0.25) is 5.82 Å². The summed E-state index contributed by atoms with van der Waals surface area (Å²) in [6.45, 7) is 4.03. The van der Waals surface area contributed by atoms with Crippen molar-refractivity contribution in [3.05, 3.63) is 34.1 Å². The Morgan fingerprint density at radius 2 is 2.22 bits per heavy atom. The number of nitrogens with zero attached hydrogens (tertiary/aromatic N) is 2. The van der Waals surface area contributed by atoms with E-state index in [1.54, 1.807) is 6.92 Å². The number of hydrogen-bond donors (Lipinski definition) is 1. The number of aromatic amines is 1. The zero-order valence-electron chi connectivity index (χ0n) is 10.0. The molecule has 0 bridgehead atoms. The minimum Gasteiger partial charge on any atom is -0.460 e. The molecule has 0 atom stereocenters. The van der Waals surface area contributed by atoms with Crippen molar-refractivity contribution in [2.45, 2.75) is 13.8 Å². The number of aryl methyl sites for hydroxylation is 1. The van der Waals surface area contributed by atoms with E-state index in [4.69, 9.17) is 4.74 Å². The molecule has 2 rings (SSSR count). The van der Waals surface area contributed by atoms with Gasteiger partial charge in [0.25, 0.3) is 0 Å². The van der Waals surface area contributed by atoms with E-state index in [9.17, 15) is 4.79 Å². The molecule has 0 spiro atoms. The van der Waals surface area contributed by atoms with Gasteiger partial charge in [0.15, 0.2) is 5.82 Å². The first-order valence-corrected chi connectivity index (χ1v) is 6.26. The van der Waals surface area contributed by atoms with Crippen LogP contribution in [0.2, 0.25) is 0 Å². The minimum absolute atomic E-state index is 0.115. The highest BCUT2D eigenvalue weighted by Gasteiger charge is 2.14. The molecule has 0 saturated heterocycles. The molecule has 94 valence electrons. The molecule has 6 heteroatoms. The summed E-state index contributed by atoms with van der Waals surface area (Å²) in [7, 11) is 0. The summed E-state index contributed by atoms with van der Waals surface area (Å²) >= 11 is 3.41. The van der Waals surface area contributed by atoms with Crippen LogP contribution in [0.4, 0.5) is 0 Å². The second kappa shape index (κ2) is 5.30. The van der Waals surface area contributed by atoms with Gasteiger partial charge in [-0.1, -0.05) is 15.9 Å². The van der Waals surface area contributed by atoms with E-state index in [1.807, 2.05) is 25.1 Å². The standard InChI is InChI=1S/C12H12BrN3O2/c1-3-18-12(17)11-14-10(15-16-11)8-4-7(2)5-9(13)6-8/h4-6H,3H2,1-2H3,(H,14,15,16). The number of aromatic nitrogens is 3. The van der Waals surface area contributed by atoms with Gasteiger partial charge in [-0.25, -0.2) is 9.78 Å². The third-order valence-corrected chi connectivity index (χ3v) is 2.71. The number of H-pyrrole nitrogens is 1. The summed E-state index contributed by atoms with van der Waals surface area (Å²) in [6.07, 6.45) is 0. The van der Waals surface area contributed by atoms with Gasteiger partial charge in [-0.15, -0.1) is 0 Å². The van der Waals surface area contributed by atoms with E-state index in [0.29, 0.717) is 12.4 Å². The third kappa shape index (κ3) is 2.76. The second-order valence-corrected chi connectivity index (χ2v) is 4.66. The highest BCUT2D eigenvalue weighted by Crippen LogP contribution is 2.22. The molecule has 1 N–H and O–H groups in total. The fourth-order valence-corrected chi connectivity index (χ4v) is 2.15. The first-order valence-electron chi connectivity index (χ1n) is 5.47. The van der Waals surface area contributed by atoms with Gasteiger partial charge in [-0.3, -0.25) is 5.10 Å². The van der Waals surface area contributed by atoms with Crippen molar-refractivity contribution in [1.82, 2.24) is 15.2 Å². The maximum Gasteiger partial charge on any atom is 0.375 e. The Kier molecular flexibility index (Phi) is 3.76. The van der Waals surface area contributed by atoms with Crippen LogP contribution in [0, 0.1) is 6.92 Å². The molecule has 0 saturated carbocycles. The number of benzene rings is 1. The number of nitrogens with one attached hydrogen (secondary N) is 1. The van der Waals surface area contributed by atoms with Crippen LogP contribution in [0.15, 0.2) is 22.7 Å². The molecule has 0 unspecified atom stereocenters. The zero-order chi connectivity index (χ0) is 13.1. The predicted molar refractivity (Wildman–Crippen MR) is 70.2 cm³/mol. The fraction of sp³-hybridized carbons (Fsp3) is 0.250. The van der Waals surface area contributed by atoms with Crippen LogP contribution in [0.25, 0.3) is 11.4 Å². The largest absolute Gasteiger partial charge is 0.460 e. The fourth-order valence-electron chi connectivity index (χ4n) is 1.55. The lowest BCUT2D eigenvalue weighted by molar-refractivity contribution is 0.0512. The van der Waals surface area contributed by atoms with Gasteiger partial charge < -0.3 is 4.74 Å². The number of rotatable bonds is 3. The van der Waals surface area contributed by atoms with E-state index in [2.05, 4.69) is 31.1 Å². The number of esters is 1. The van der Waals surface area contributed by atoms with Crippen molar-refractivity contribution in [1.29, 1.82) is 0 Å².